The van der Waals surface area contributed by atoms with E-state index in [-0.39, 0.29) is 5.91 Å². The molecule has 0 spiro atoms. The van der Waals surface area contributed by atoms with Crippen LogP contribution in [0.2, 0.25) is 0 Å². The van der Waals surface area contributed by atoms with Gasteiger partial charge in [-0.25, -0.2) is 0 Å². The summed E-state index contributed by atoms with van der Waals surface area (Å²) in [6, 6.07) is 6.35. The van der Waals surface area contributed by atoms with Crippen LogP contribution in [0.3, 0.4) is 0 Å². The number of rotatable bonds is 5. The summed E-state index contributed by atoms with van der Waals surface area (Å²) in [7, 11) is 0. The van der Waals surface area contributed by atoms with Crippen molar-refractivity contribution in [2.24, 2.45) is 11.7 Å². The quantitative estimate of drug-likeness (QED) is 0.815. The van der Waals surface area contributed by atoms with Crippen molar-refractivity contribution in [3.8, 4) is 0 Å². The Hall–Kier alpha value is -1.35. The van der Waals surface area contributed by atoms with E-state index in [2.05, 4.69) is 12.2 Å². The number of benzene rings is 1. The van der Waals surface area contributed by atoms with E-state index in [1.54, 1.807) is 6.07 Å². The fourth-order valence-electron chi connectivity index (χ4n) is 2.24. The smallest absolute Gasteiger partial charge is 0.248 e. The molecular formula is C14H20N2O. The highest BCUT2D eigenvalue weighted by atomic mass is 16.1. The van der Waals surface area contributed by atoms with Crippen LogP contribution >= 0.6 is 0 Å². The molecule has 2 atom stereocenters. The molecule has 3 heteroatoms. The van der Waals surface area contributed by atoms with Crippen LogP contribution in [0.25, 0.3) is 0 Å². The SMILES string of the molecule is CCC1CC1NCc1ccc(C(N)=O)cc1C. The second kappa shape index (κ2) is 4.88. The average Bonchev–Trinajstić information content (AvgIpc) is 3.06. The van der Waals surface area contributed by atoms with Gasteiger partial charge in [0.15, 0.2) is 0 Å². The van der Waals surface area contributed by atoms with Crippen LogP contribution in [0.1, 0.15) is 41.3 Å². The van der Waals surface area contributed by atoms with Gasteiger partial charge in [0.1, 0.15) is 0 Å². The zero-order valence-electron chi connectivity index (χ0n) is 10.5. The summed E-state index contributed by atoms with van der Waals surface area (Å²) in [5, 5.41) is 3.55. The highest BCUT2D eigenvalue weighted by Crippen LogP contribution is 2.33. The van der Waals surface area contributed by atoms with Gasteiger partial charge in [-0.2, -0.15) is 0 Å². The second-order valence-electron chi connectivity index (χ2n) is 4.90. The molecule has 17 heavy (non-hydrogen) atoms. The molecule has 3 nitrogen and oxygen atoms in total. The highest BCUT2D eigenvalue weighted by molar-refractivity contribution is 5.93. The van der Waals surface area contributed by atoms with Gasteiger partial charge in [0.05, 0.1) is 0 Å². The summed E-state index contributed by atoms with van der Waals surface area (Å²) >= 11 is 0. The lowest BCUT2D eigenvalue weighted by atomic mass is 10.0. The number of nitrogens with two attached hydrogens (primary N) is 1. The molecule has 0 bridgehead atoms. The van der Waals surface area contributed by atoms with Gasteiger partial charge in [0.2, 0.25) is 5.91 Å². The summed E-state index contributed by atoms with van der Waals surface area (Å²) in [6.45, 7) is 5.14. The molecule has 92 valence electrons. The lowest BCUT2D eigenvalue weighted by Gasteiger charge is -2.08. The number of aryl methyl sites for hydroxylation is 1. The molecule has 3 N–H and O–H groups in total. The van der Waals surface area contributed by atoms with E-state index in [1.807, 2.05) is 19.1 Å². The number of carbonyl (C=O) groups excluding carboxylic acids is 1. The third kappa shape index (κ3) is 2.86. The summed E-state index contributed by atoms with van der Waals surface area (Å²) in [6.07, 6.45) is 2.56. The maximum atomic E-state index is 11.0. The molecular weight excluding hydrogens is 212 g/mol. The predicted octanol–water partition coefficient (Wildman–Crippen LogP) is 1.98. The number of primary amides is 1. The molecule has 1 aliphatic carbocycles. The van der Waals surface area contributed by atoms with E-state index in [1.165, 1.54) is 18.4 Å². The normalized spacial score (nSPS) is 22.5. The molecule has 0 saturated heterocycles. The van der Waals surface area contributed by atoms with E-state index in [0.717, 1.165) is 18.0 Å². The predicted molar refractivity (Wildman–Crippen MR) is 68.7 cm³/mol. The molecule has 1 fully saturated rings. The first-order chi connectivity index (χ1) is 8.11. The number of amides is 1. The Balaban J connectivity index is 1.95. The number of carbonyl (C=O) groups is 1. The fourth-order valence-corrected chi connectivity index (χ4v) is 2.24. The fraction of sp³-hybridized carbons (Fsp3) is 0.500. The van der Waals surface area contributed by atoms with Crippen LogP contribution < -0.4 is 11.1 Å². The molecule has 1 saturated carbocycles. The van der Waals surface area contributed by atoms with Gasteiger partial charge in [-0.1, -0.05) is 19.4 Å². The van der Waals surface area contributed by atoms with Gasteiger partial charge < -0.3 is 11.1 Å². The summed E-state index contributed by atoms with van der Waals surface area (Å²) in [5.74, 6) is 0.501. The molecule has 1 amide bonds. The Labute approximate surface area is 102 Å². The second-order valence-corrected chi connectivity index (χ2v) is 4.90. The molecule has 1 aliphatic rings. The van der Waals surface area contributed by atoms with Crippen molar-refractivity contribution in [2.45, 2.75) is 39.3 Å². The van der Waals surface area contributed by atoms with Gasteiger partial charge in [-0.15, -0.1) is 0 Å². The van der Waals surface area contributed by atoms with Crippen LogP contribution in [0.15, 0.2) is 18.2 Å². The molecule has 0 heterocycles. The topological polar surface area (TPSA) is 55.1 Å². The summed E-state index contributed by atoms with van der Waals surface area (Å²) in [4.78, 5) is 11.0. The molecule has 2 unspecified atom stereocenters. The summed E-state index contributed by atoms with van der Waals surface area (Å²) in [5.41, 5.74) is 8.21. The molecule has 0 radical (unpaired) electrons. The van der Waals surface area contributed by atoms with Gasteiger partial charge in [0.25, 0.3) is 0 Å². The first kappa shape index (κ1) is 12.1. The Kier molecular flexibility index (Phi) is 3.48. The average molecular weight is 232 g/mol. The minimum Gasteiger partial charge on any atom is -0.366 e. The van der Waals surface area contributed by atoms with Gasteiger partial charge in [-0.3, -0.25) is 4.79 Å². The van der Waals surface area contributed by atoms with E-state index in [0.29, 0.717) is 11.6 Å². The van der Waals surface area contributed by atoms with Crippen LogP contribution in [0.5, 0.6) is 0 Å². The van der Waals surface area contributed by atoms with E-state index < -0.39 is 0 Å². The summed E-state index contributed by atoms with van der Waals surface area (Å²) < 4.78 is 0. The van der Waals surface area contributed by atoms with E-state index in [9.17, 15) is 4.79 Å². The van der Waals surface area contributed by atoms with E-state index in [4.69, 9.17) is 5.73 Å². The number of hydrogen-bond acceptors (Lipinski definition) is 2. The number of hydrogen-bond donors (Lipinski definition) is 2. The Morgan fingerprint density at radius 1 is 1.53 bits per heavy atom. The number of nitrogens with one attached hydrogen (secondary N) is 1. The maximum Gasteiger partial charge on any atom is 0.248 e. The third-order valence-corrected chi connectivity index (χ3v) is 3.63. The van der Waals surface area contributed by atoms with Gasteiger partial charge in [0, 0.05) is 18.2 Å². The molecule has 1 aromatic rings. The highest BCUT2D eigenvalue weighted by Gasteiger charge is 2.34. The standard InChI is InChI=1S/C14H20N2O/c1-3-10-7-13(10)16-8-12-5-4-11(14(15)17)6-9(12)2/h4-6,10,13,16H,3,7-8H2,1-2H3,(H2,15,17). The molecule has 1 aromatic carbocycles. The minimum absolute atomic E-state index is 0.360. The van der Waals surface area contributed by atoms with Gasteiger partial charge in [-0.05, 0) is 42.5 Å². The van der Waals surface area contributed by atoms with Crippen LogP contribution in [0, 0.1) is 12.8 Å². The first-order valence-electron chi connectivity index (χ1n) is 6.24. The Morgan fingerprint density at radius 2 is 2.29 bits per heavy atom. The molecule has 2 rings (SSSR count). The van der Waals surface area contributed by atoms with Crippen molar-refractivity contribution in [2.75, 3.05) is 0 Å². The van der Waals surface area contributed by atoms with Crippen molar-refractivity contribution in [1.29, 1.82) is 0 Å². The molecule has 0 aliphatic heterocycles. The monoisotopic (exact) mass is 232 g/mol. The van der Waals surface area contributed by atoms with Crippen molar-refractivity contribution in [3.63, 3.8) is 0 Å². The zero-order chi connectivity index (χ0) is 12.4. The molecule has 0 aromatic heterocycles. The van der Waals surface area contributed by atoms with Crippen molar-refractivity contribution in [3.05, 3.63) is 34.9 Å². The van der Waals surface area contributed by atoms with Crippen molar-refractivity contribution >= 4 is 5.91 Å². The van der Waals surface area contributed by atoms with E-state index >= 15 is 0 Å². The Bertz CT molecular complexity index is 428. The lowest BCUT2D eigenvalue weighted by Crippen LogP contribution is -2.18. The zero-order valence-corrected chi connectivity index (χ0v) is 10.5. The lowest BCUT2D eigenvalue weighted by molar-refractivity contribution is 0.1000. The van der Waals surface area contributed by atoms with Gasteiger partial charge >= 0.3 is 0 Å². The first-order valence-corrected chi connectivity index (χ1v) is 6.24. The van der Waals surface area contributed by atoms with Crippen molar-refractivity contribution < 1.29 is 4.79 Å². The maximum absolute atomic E-state index is 11.0. The van der Waals surface area contributed by atoms with Crippen LogP contribution in [-0.4, -0.2) is 11.9 Å². The van der Waals surface area contributed by atoms with Crippen LogP contribution in [-0.2, 0) is 6.54 Å². The Morgan fingerprint density at radius 3 is 2.82 bits per heavy atom. The largest absolute Gasteiger partial charge is 0.366 e. The van der Waals surface area contributed by atoms with Crippen molar-refractivity contribution in [1.82, 2.24) is 5.32 Å². The third-order valence-electron chi connectivity index (χ3n) is 3.63. The van der Waals surface area contributed by atoms with Crippen LogP contribution in [0.4, 0.5) is 0 Å². The minimum atomic E-state index is -0.360.